The van der Waals surface area contributed by atoms with Crippen LogP contribution < -0.4 is 14.2 Å². The van der Waals surface area contributed by atoms with Crippen LogP contribution in [0.4, 0.5) is 0 Å². The third-order valence-corrected chi connectivity index (χ3v) is 2.42. The molecule has 16 heavy (non-hydrogen) atoms. The molecule has 1 aromatic carbocycles. The molecule has 0 fully saturated rings. The number of hydrogen-bond donors (Lipinski definition) is 1. The van der Waals surface area contributed by atoms with E-state index in [1.54, 1.807) is 0 Å². The molecule has 4 heteroatoms. The fourth-order valence-corrected chi connectivity index (χ4v) is 1.72. The van der Waals surface area contributed by atoms with Gasteiger partial charge in [0.25, 0.3) is 0 Å². The Bertz CT molecular complexity index is 362. The molecule has 0 aromatic heterocycles. The number of rotatable bonds is 5. The van der Waals surface area contributed by atoms with E-state index in [-0.39, 0.29) is 13.4 Å². The number of aliphatic hydroxyl groups is 1. The zero-order valence-corrected chi connectivity index (χ0v) is 9.36. The Balaban J connectivity index is 2.25. The van der Waals surface area contributed by atoms with Gasteiger partial charge in [-0.05, 0) is 18.1 Å². The molecule has 1 aromatic rings. The lowest BCUT2D eigenvalue weighted by molar-refractivity contribution is 0.173. The van der Waals surface area contributed by atoms with Crippen LogP contribution in [0.25, 0.3) is 0 Å². The number of ether oxygens (including phenoxy) is 3. The number of hydrogen-bond acceptors (Lipinski definition) is 4. The summed E-state index contributed by atoms with van der Waals surface area (Å²) in [4.78, 5) is 0. The van der Waals surface area contributed by atoms with Crippen LogP contribution in [0.2, 0.25) is 0 Å². The third kappa shape index (κ3) is 2.22. The van der Waals surface area contributed by atoms with Crippen molar-refractivity contribution in [1.82, 2.24) is 0 Å². The molecular formula is C12H16O4. The summed E-state index contributed by atoms with van der Waals surface area (Å²) >= 11 is 0. The van der Waals surface area contributed by atoms with Crippen molar-refractivity contribution in [3.63, 3.8) is 0 Å². The average molecular weight is 224 g/mol. The molecule has 0 aliphatic carbocycles. The summed E-state index contributed by atoms with van der Waals surface area (Å²) in [5.74, 6) is 2.27. The Morgan fingerprint density at radius 2 is 2.06 bits per heavy atom. The zero-order valence-electron chi connectivity index (χ0n) is 9.36. The van der Waals surface area contributed by atoms with Gasteiger partial charge >= 0.3 is 0 Å². The van der Waals surface area contributed by atoms with Gasteiger partial charge in [-0.2, -0.15) is 0 Å². The molecule has 0 radical (unpaired) electrons. The Kier molecular flexibility index (Phi) is 3.51. The van der Waals surface area contributed by atoms with Gasteiger partial charge in [-0.1, -0.05) is 13.3 Å². The van der Waals surface area contributed by atoms with Gasteiger partial charge in [0, 0.05) is 6.07 Å². The molecule has 0 saturated carbocycles. The Hall–Kier alpha value is -1.42. The lowest BCUT2D eigenvalue weighted by Gasteiger charge is -2.11. The molecule has 1 N–H and O–H groups in total. The smallest absolute Gasteiger partial charge is 0.231 e. The predicted octanol–water partition coefficient (Wildman–Crippen LogP) is 1.74. The maximum absolute atomic E-state index is 8.76. The van der Waals surface area contributed by atoms with Gasteiger partial charge < -0.3 is 19.3 Å². The van der Waals surface area contributed by atoms with Crippen LogP contribution in [-0.2, 0) is 6.42 Å². The molecule has 0 bridgehead atoms. The Morgan fingerprint density at radius 3 is 2.75 bits per heavy atom. The van der Waals surface area contributed by atoms with Crippen LogP contribution >= 0.6 is 0 Å². The van der Waals surface area contributed by atoms with Crippen LogP contribution in [0.15, 0.2) is 12.1 Å². The molecule has 0 saturated heterocycles. The van der Waals surface area contributed by atoms with E-state index >= 15 is 0 Å². The molecule has 0 atom stereocenters. The van der Waals surface area contributed by atoms with E-state index < -0.39 is 0 Å². The van der Waals surface area contributed by atoms with Gasteiger partial charge in [0.2, 0.25) is 6.79 Å². The molecular weight excluding hydrogens is 208 g/mol. The highest BCUT2D eigenvalue weighted by molar-refractivity contribution is 5.51. The van der Waals surface area contributed by atoms with Crippen molar-refractivity contribution >= 4 is 0 Å². The normalized spacial score (nSPS) is 12.9. The van der Waals surface area contributed by atoms with Gasteiger partial charge in [0.1, 0.15) is 12.4 Å². The lowest BCUT2D eigenvalue weighted by Crippen LogP contribution is -2.03. The van der Waals surface area contributed by atoms with Crippen LogP contribution in [0.3, 0.4) is 0 Å². The van der Waals surface area contributed by atoms with Gasteiger partial charge in [-0.15, -0.1) is 0 Å². The summed E-state index contributed by atoms with van der Waals surface area (Å²) in [6.07, 6.45) is 1.96. The van der Waals surface area contributed by atoms with E-state index in [2.05, 4.69) is 6.92 Å². The van der Waals surface area contributed by atoms with Crippen molar-refractivity contribution in [2.75, 3.05) is 20.0 Å². The number of aryl methyl sites for hydroxylation is 1. The largest absolute Gasteiger partial charge is 0.491 e. The summed E-state index contributed by atoms with van der Waals surface area (Å²) < 4.78 is 16.1. The fourth-order valence-electron chi connectivity index (χ4n) is 1.72. The number of aliphatic hydroxyl groups excluding tert-OH is 1. The first kappa shape index (κ1) is 11.1. The minimum Gasteiger partial charge on any atom is -0.491 e. The van der Waals surface area contributed by atoms with E-state index in [9.17, 15) is 0 Å². The minimum absolute atomic E-state index is 0.0139. The average Bonchev–Trinajstić information content (AvgIpc) is 2.73. The first-order valence-corrected chi connectivity index (χ1v) is 5.51. The quantitative estimate of drug-likeness (QED) is 0.827. The second-order valence-electron chi connectivity index (χ2n) is 3.64. The van der Waals surface area contributed by atoms with Crippen LogP contribution in [0.1, 0.15) is 18.9 Å². The number of benzene rings is 1. The van der Waals surface area contributed by atoms with E-state index in [1.807, 2.05) is 12.1 Å². The van der Waals surface area contributed by atoms with Crippen molar-refractivity contribution in [2.45, 2.75) is 19.8 Å². The van der Waals surface area contributed by atoms with Crippen molar-refractivity contribution < 1.29 is 19.3 Å². The highest BCUT2D eigenvalue weighted by atomic mass is 16.7. The van der Waals surface area contributed by atoms with Gasteiger partial charge in [-0.25, -0.2) is 0 Å². The van der Waals surface area contributed by atoms with E-state index in [4.69, 9.17) is 19.3 Å². The van der Waals surface area contributed by atoms with Gasteiger partial charge in [0.15, 0.2) is 11.5 Å². The third-order valence-electron chi connectivity index (χ3n) is 2.42. The molecule has 0 unspecified atom stereocenters. The Morgan fingerprint density at radius 1 is 1.31 bits per heavy atom. The van der Waals surface area contributed by atoms with Crippen molar-refractivity contribution in [1.29, 1.82) is 0 Å². The topological polar surface area (TPSA) is 47.9 Å². The van der Waals surface area contributed by atoms with Crippen LogP contribution in [-0.4, -0.2) is 25.1 Å². The minimum atomic E-state index is 0.0139. The SMILES string of the molecule is CCCc1cc2c(cc1OCCO)OCO2. The summed E-state index contributed by atoms with van der Waals surface area (Å²) in [5, 5.41) is 8.76. The van der Waals surface area contributed by atoms with Crippen molar-refractivity contribution in [3.8, 4) is 17.2 Å². The van der Waals surface area contributed by atoms with Gasteiger partial charge in [-0.3, -0.25) is 0 Å². The van der Waals surface area contributed by atoms with E-state index in [1.165, 1.54) is 0 Å². The monoisotopic (exact) mass is 224 g/mol. The highest BCUT2D eigenvalue weighted by Gasteiger charge is 2.17. The van der Waals surface area contributed by atoms with Crippen molar-refractivity contribution in [2.24, 2.45) is 0 Å². The Labute approximate surface area is 94.8 Å². The highest BCUT2D eigenvalue weighted by Crippen LogP contribution is 2.38. The summed E-state index contributed by atoms with van der Waals surface area (Å²) in [6, 6.07) is 3.79. The zero-order chi connectivity index (χ0) is 11.4. The summed E-state index contributed by atoms with van der Waals surface area (Å²) in [5.41, 5.74) is 1.10. The first-order valence-electron chi connectivity index (χ1n) is 5.51. The fraction of sp³-hybridized carbons (Fsp3) is 0.500. The molecule has 88 valence electrons. The van der Waals surface area contributed by atoms with E-state index in [0.29, 0.717) is 12.4 Å². The van der Waals surface area contributed by atoms with Crippen molar-refractivity contribution in [3.05, 3.63) is 17.7 Å². The maximum Gasteiger partial charge on any atom is 0.231 e. The molecule has 4 nitrogen and oxygen atoms in total. The van der Waals surface area contributed by atoms with Gasteiger partial charge in [0.05, 0.1) is 6.61 Å². The molecule has 0 spiro atoms. The van der Waals surface area contributed by atoms with Crippen LogP contribution in [0, 0.1) is 0 Å². The number of fused-ring (bicyclic) bond motifs is 1. The van der Waals surface area contributed by atoms with E-state index in [0.717, 1.165) is 29.9 Å². The molecule has 1 heterocycles. The molecule has 1 aliphatic rings. The molecule has 1 aliphatic heterocycles. The first-order chi connectivity index (χ1) is 7.85. The molecule has 2 rings (SSSR count). The second-order valence-corrected chi connectivity index (χ2v) is 3.64. The maximum atomic E-state index is 8.76. The lowest BCUT2D eigenvalue weighted by atomic mass is 10.1. The molecule has 0 amide bonds. The standard InChI is InChI=1S/C12H16O4/c1-2-3-9-6-11-12(16-8-15-11)7-10(9)14-5-4-13/h6-7,13H,2-5,8H2,1H3. The second kappa shape index (κ2) is 5.07. The summed E-state index contributed by atoms with van der Waals surface area (Å²) in [7, 11) is 0. The summed E-state index contributed by atoms with van der Waals surface area (Å²) in [6.45, 7) is 2.70. The van der Waals surface area contributed by atoms with Crippen LogP contribution in [0.5, 0.6) is 17.2 Å². The predicted molar refractivity (Wildman–Crippen MR) is 59.1 cm³/mol.